The first-order valence-electron chi connectivity index (χ1n) is 10.3. The molecule has 0 radical (unpaired) electrons. The van der Waals surface area contributed by atoms with Gasteiger partial charge in [0.25, 0.3) is 5.56 Å². The van der Waals surface area contributed by atoms with E-state index in [-0.39, 0.29) is 31.5 Å². The van der Waals surface area contributed by atoms with Crippen LogP contribution in [0, 0.1) is 12.8 Å². The third kappa shape index (κ3) is 5.37. The van der Waals surface area contributed by atoms with E-state index in [1.807, 2.05) is 0 Å². The fourth-order valence-electron chi connectivity index (χ4n) is 3.57. The fraction of sp³-hybridized carbons (Fsp3) is 0.619. The average Bonchev–Trinajstić information content (AvgIpc) is 3.39. The van der Waals surface area contributed by atoms with Gasteiger partial charge in [0.2, 0.25) is 0 Å². The van der Waals surface area contributed by atoms with Crippen LogP contribution >= 0.6 is 11.3 Å². The van der Waals surface area contributed by atoms with Crippen LogP contribution in [0.2, 0.25) is 0 Å². The Morgan fingerprint density at radius 3 is 2.48 bits per heavy atom. The highest BCUT2D eigenvalue weighted by molar-refractivity contribution is 7.20. The summed E-state index contributed by atoms with van der Waals surface area (Å²) in [4.78, 5) is 43.0. The molecule has 2 heterocycles. The third-order valence-corrected chi connectivity index (χ3v) is 6.41. The van der Waals surface area contributed by atoms with Gasteiger partial charge in [-0.05, 0) is 39.7 Å². The maximum absolute atomic E-state index is 13.2. The molecule has 0 aromatic carbocycles. The van der Waals surface area contributed by atoms with Crippen molar-refractivity contribution in [2.75, 3.05) is 20.3 Å². The SMILES string of the molecule is COCCn1c(=O)n(C2CC2C(F)(F)F)c(=O)c2c(C)c(C=NCC(=O)OC(C)(C)C)sc21. The Balaban J connectivity index is 2.05. The van der Waals surface area contributed by atoms with E-state index in [1.54, 1.807) is 27.7 Å². The Hall–Kier alpha value is -2.47. The van der Waals surface area contributed by atoms with Crippen molar-refractivity contribution < 1.29 is 27.4 Å². The Morgan fingerprint density at radius 2 is 1.94 bits per heavy atom. The number of carbonyl (C=O) groups is 1. The van der Waals surface area contributed by atoms with Gasteiger partial charge in [0.15, 0.2) is 0 Å². The molecule has 0 aliphatic heterocycles. The lowest BCUT2D eigenvalue weighted by molar-refractivity contribution is -0.153. The van der Waals surface area contributed by atoms with Gasteiger partial charge < -0.3 is 9.47 Å². The van der Waals surface area contributed by atoms with Crippen molar-refractivity contribution in [3.8, 4) is 0 Å². The van der Waals surface area contributed by atoms with Gasteiger partial charge >= 0.3 is 17.8 Å². The van der Waals surface area contributed by atoms with Crippen LogP contribution < -0.4 is 11.2 Å². The van der Waals surface area contributed by atoms with Crippen LogP contribution in [0.5, 0.6) is 0 Å². The zero-order valence-corrected chi connectivity index (χ0v) is 19.8. The Bertz CT molecular complexity index is 1200. The lowest BCUT2D eigenvalue weighted by Gasteiger charge is -2.18. The van der Waals surface area contributed by atoms with Crippen molar-refractivity contribution >= 4 is 33.7 Å². The van der Waals surface area contributed by atoms with Crippen molar-refractivity contribution in [3.05, 3.63) is 31.3 Å². The minimum atomic E-state index is -4.48. The molecule has 2 aromatic rings. The number of nitrogens with zero attached hydrogens (tertiary/aromatic N) is 3. The molecule has 1 aliphatic carbocycles. The van der Waals surface area contributed by atoms with Crippen LogP contribution in [-0.2, 0) is 20.8 Å². The molecular weight excluding hydrogens is 463 g/mol. The van der Waals surface area contributed by atoms with Gasteiger partial charge in [0, 0.05) is 13.3 Å². The van der Waals surface area contributed by atoms with Gasteiger partial charge in [-0.2, -0.15) is 13.2 Å². The summed E-state index contributed by atoms with van der Waals surface area (Å²) in [5.74, 6) is -2.24. The number of carbonyl (C=O) groups excluding carboxylic acids is 1. The number of hydrogen-bond donors (Lipinski definition) is 0. The molecule has 0 spiro atoms. The van der Waals surface area contributed by atoms with Crippen LogP contribution in [0.25, 0.3) is 10.2 Å². The van der Waals surface area contributed by atoms with Gasteiger partial charge in [-0.25, -0.2) is 4.79 Å². The smallest absolute Gasteiger partial charge is 0.393 e. The summed E-state index contributed by atoms with van der Waals surface area (Å²) in [6.07, 6.45) is -3.37. The molecule has 2 aromatic heterocycles. The Morgan fingerprint density at radius 1 is 1.27 bits per heavy atom. The van der Waals surface area contributed by atoms with Crippen LogP contribution in [0.4, 0.5) is 13.2 Å². The van der Waals surface area contributed by atoms with Crippen molar-refractivity contribution in [1.29, 1.82) is 0 Å². The predicted octanol–water partition coefficient (Wildman–Crippen LogP) is 3.06. The van der Waals surface area contributed by atoms with E-state index in [1.165, 1.54) is 17.9 Å². The minimum Gasteiger partial charge on any atom is -0.459 e. The number of aryl methyl sites for hydroxylation is 1. The molecule has 2 atom stereocenters. The molecule has 3 rings (SSSR count). The summed E-state index contributed by atoms with van der Waals surface area (Å²) >= 11 is 1.11. The van der Waals surface area contributed by atoms with Crippen LogP contribution in [0.3, 0.4) is 0 Å². The summed E-state index contributed by atoms with van der Waals surface area (Å²) < 4.78 is 51.7. The molecule has 0 N–H and O–H groups in total. The lowest BCUT2D eigenvalue weighted by atomic mass is 10.2. The topological polar surface area (TPSA) is 91.9 Å². The zero-order valence-electron chi connectivity index (χ0n) is 19.0. The summed E-state index contributed by atoms with van der Waals surface area (Å²) in [7, 11) is 1.44. The number of hydrogen-bond acceptors (Lipinski definition) is 7. The van der Waals surface area contributed by atoms with E-state index in [0.29, 0.717) is 15.3 Å². The van der Waals surface area contributed by atoms with Crippen LogP contribution in [-0.4, -0.2) is 53.4 Å². The molecule has 1 aliphatic rings. The molecular formula is C21H26F3N3O5S. The molecule has 0 amide bonds. The maximum atomic E-state index is 13.2. The number of alkyl halides is 3. The highest BCUT2D eigenvalue weighted by Crippen LogP contribution is 2.52. The Kier molecular flexibility index (Phi) is 6.90. The summed E-state index contributed by atoms with van der Waals surface area (Å²) in [5, 5.41) is 0.169. The molecule has 0 bridgehead atoms. The highest BCUT2D eigenvalue weighted by Gasteiger charge is 2.57. The maximum Gasteiger partial charge on any atom is 0.393 e. The van der Waals surface area contributed by atoms with Crippen molar-refractivity contribution in [1.82, 2.24) is 9.13 Å². The van der Waals surface area contributed by atoms with E-state index in [4.69, 9.17) is 9.47 Å². The second-order valence-electron chi connectivity index (χ2n) is 8.88. The fourth-order valence-corrected chi connectivity index (χ4v) is 4.79. The number of aromatic nitrogens is 2. The number of methoxy groups -OCH3 is 1. The standard InChI is InChI=1S/C21H26F3N3O5S/c1-11-14(9-25-10-15(28)32-20(2,3)4)33-18-16(11)17(29)27(13-8-12(13)21(22,23)24)19(30)26(18)6-7-31-5/h9,12-13H,6-8,10H2,1-5H3. The van der Waals surface area contributed by atoms with Gasteiger partial charge in [0.05, 0.1) is 35.4 Å². The van der Waals surface area contributed by atoms with E-state index in [2.05, 4.69) is 4.99 Å². The molecule has 1 fully saturated rings. The first-order valence-corrected chi connectivity index (χ1v) is 11.1. The summed E-state index contributed by atoms with van der Waals surface area (Å²) in [6.45, 7) is 6.82. The number of esters is 1. The van der Waals surface area contributed by atoms with E-state index >= 15 is 0 Å². The Labute approximate surface area is 191 Å². The van der Waals surface area contributed by atoms with Crippen molar-refractivity contribution in [3.63, 3.8) is 0 Å². The molecule has 1 saturated carbocycles. The quantitative estimate of drug-likeness (QED) is 0.440. The monoisotopic (exact) mass is 489 g/mol. The number of ether oxygens (including phenoxy) is 2. The zero-order chi connectivity index (χ0) is 24.7. The molecule has 8 nitrogen and oxygen atoms in total. The molecule has 2 unspecified atom stereocenters. The number of rotatable bonds is 7. The molecule has 182 valence electrons. The van der Waals surface area contributed by atoms with Crippen LogP contribution in [0.1, 0.15) is 43.7 Å². The lowest BCUT2D eigenvalue weighted by Crippen LogP contribution is -2.40. The predicted molar refractivity (Wildman–Crippen MR) is 118 cm³/mol. The molecule has 0 saturated heterocycles. The second-order valence-corrected chi connectivity index (χ2v) is 9.91. The average molecular weight is 490 g/mol. The number of aliphatic imine (C=N–C) groups is 1. The number of thiophene rings is 1. The number of fused-ring (bicyclic) bond motifs is 1. The van der Waals surface area contributed by atoms with E-state index in [0.717, 1.165) is 15.9 Å². The second kappa shape index (κ2) is 9.05. The largest absolute Gasteiger partial charge is 0.459 e. The van der Waals surface area contributed by atoms with Gasteiger partial charge in [-0.1, -0.05) is 0 Å². The summed E-state index contributed by atoms with van der Waals surface area (Å²) in [6, 6.07) is -1.22. The number of halogens is 3. The van der Waals surface area contributed by atoms with Gasteiger partial charge in [-0.15, -0.1) is 11.3 Å². The molecule has 33 heavy (non-hydrogen) atoms. The first-order chi connectivity index (χ1) is 15.3. The highest BCUT2D eigenvalue weighted by atomic mass is 32.1. The normalized spacial score (nSPS) is 18.9. The van der Waals surface area contributed by atoms with E-state index < -0.39 is 41.0 Å². The summed E-state index contributed by atoms with van der Waals surface area (Å²) in [5.41, 5.74) is -1.71. The van der Waals surface area contributed by atoms with Crippen molar-refractivity contribution in [2.45, 2.75) is 58.5 Å². The van der Waals surface area contributed by atoms with Gasteiger partial charge in [0.1, 0.15) is 17.0 Å². The first kappa shape index (κ1) is 25.2. The van der Waals surface area contributed by atoms with E-state index in [9.17, 15) is 27.6 Å². The van der Waals surface area contributed by atoms with Crippen LogP contribution in [0.15, 0.2) is 14.6 Å². The minimum absolute atomic E-state index is 0.0734. The third-order valence-electron chi connectivity index (χ3n) is 5.16. The molecule has 12 heteroatoms. The van der Waals surface area contributed by atoms with Gasteiger partial charge in [-0.3, -0.25) is 23.7 Å². The van der Waals surface area contributed by atoms with Crippen molar-refractivity contribution in [2.24, 2.45) is 10.9 Å².